The summed E-state index contributed by atoms with van der Waals surface area (Å²) in [5, 5.41) is 7.29. The number of benzene rings is 1. The maximum Gasteiger partial charge on any atom is 0.245 e. The predicted octanol–water partition coefficient (Wildman–Crippen LogP) is 1.13. The summed E-state index contributed by atoms with van der Waals surface area (Å²) >= 11 is 0. The topological polar surface area (TPSA) is 89.3 Å². The molecule has 0 saturated carbocycles. The molecule has 3 N–H and O–H groups in total. The van der Waals surface area contributed by atoms with E-state index in [1.165, 1.54) is 0 Å². The Hall–Kier alpha value is -2.28. The van der Waals surface area contributed by atoms with Crippen LogP contribution in [0.4, 0.5) is 5.95 Å². The van der Waals surface area contributed by atoms with Crippen molar-refractivity contribution in [2.45, 2.75) is 18.9 Å². The number of H-pyrrole nitrogens is 1. The molecule has 1 saturated heterocycles. The Balaban J connectivity index is 1.59. The molecule has 0 amide bonds. The quantitative estimate of drug-likeness (QED) is 0.860. The van der Waals surface area contributed by atoms with Gasteiger partial charge in [-0.1, -0.05) is 0 Å². The molecule has 2 aliphatic heterocycles. The van der Waals surface area contributed by atoms with Crippen LogP contribution in [0.3, 0.4) is 0 Å². The molecule has 4 rings (SSSR count). The zero-order chi connectivity index (χ0) is 14.2. The van der Waals surface area contributed by atoms with Gasteiger partial charge in [-0.25, -0.2) is 0 Å². The zero-order valence-electron chi connectivity index (χ0n) is 11.6. The van der Waals surface area contributed by atoms with Crippen LogP contribution in [0.1, 0.15) is 12.8 Å². The number of nitrogens with two attached hydrogens (primary N) is 1. The van der Waals surface area contributed by atoms with Gasteiger partial charge in [0.1, 0.15) is 0 Å². The highest BCUT2D eigenvalue weighted by atomic mass is 16.7. The molecule has 0 radical (unpaired) electrons. The number of ether oxygens (including phenoxy) is 2. The van der Waals surface area contributed by atoms with Gasteiger partial charge in [0.2, 0.25) is 12.7 Å². The fraction of sp³-hybridized carbons (Fsp3) is 0.429. The molecule has 1 aromatic carbocycles. The lowest BCUT2D eigenvalue weighted by molar-refractivity contribution is 0.174. The van der Waals surface area contributed by atoms with E-state index < -0.39 is 0 Å². The number of nitrogens with zero attached hydrogens (tertiary/aromatic N) is 3. The Labute approximate surface area is 122 Å². The molecule has 7 heteroatoms. The number of nitrogens with one attached hydrogen (secondary N) is 1. The lowest BCUT2D eigenvalue weighted by atomic mass is 10.1. The monoisotopic (exact) mass is 287 g/mol. The Kier molecular flexibility index (Phi) is 2.92. The number of aromatic nitrogens is 3. The van der Waals surface area contributed by atoms with Gasteiger partial charge in [0, 0.05) is 24.7 Å². The van der Waals surface area contributed by atoms with Crippen molar-refractivity contribution in [2.75, 3.05) is 24.8 Å². The Bertz CT molecular complexity index is 657. The first-order valence-electron chi connectivity index (χ1n) is 7.12. The maximum absolute atomic E-state index is 6.00. The molecule has 1 atom stereocenters. The second kappa shape index (κ2) is 4.92. The van der Waals surface area contributed by atoms with Crippen molar-refractivity contribution >= 4 is 5.95 Å². The molecule has 110 valence electrons. The third kappa shape index (κ3) is 2.29. The van der Waals surface area contributed by atoms with E-state index in [1.807, 2.05) is 18.2 Å². The average Bonchev–Trinajstić information content (AvgIpc) is 3.15. The lowest BCUT2D eigenvalue weighted by Crippen LogP contribution is -2.43. The second-order valence-electron chi connectivity index (χ2n) is 5.40. The third-order valence-corrected chi connectivity index (χ3v) is 3.86. The van der Waals surface area contributed by atoms with E-state index in [1.54, 1.807) is 0 Å². The summed E-state index contributed by atoms with van der Waals surface area (Å²) in [6.45, 7) is 2.02. The minimum absolute atomic E-state index is 0.200. The molecule has 7 nitrogen and oxygen atoms in total. The van der Waals surface area contributed by atoms with Gasteiger partial charge in [0.25, 0.3) is 0 Å². The summed E-state index contributed by atoms with van der Waals surface area (Å²) in [6, 6.07) is 5.94. The molecule has 2 aromatic rings. The summed E-state index contributed by atoms with van der Waals surface area (Å²) in [7, 11) is 0. The van der Waals surface area contributed by atoms with Crippen molar-refractivity contribution in [2.24, 2.45) is 5.73 Å². The number of rotatable bonds is 2. The fourth-order valence-corrected chi connectivity index (χ4v) is 2.76. The van der Waals surface area contributed by atoms with Gasteiger partial charge in [0.15, 0.2) is 17.3 Å². The Morgan fingerprint density at radius 3 is 3.10 bits per heavy atom. The Morgan fingerprint density at radius 1 is 1.29 bits per heavy atom. The number of fused-ring (bicyclic) bond motifs is 1. The first kappa shape index (κ1) is 12.5. The van der Waals surface area contributed by atoms with Crippen molar-refractivity contribution in [3.8, 4) is 22.9 Å². The molecule has 0 bridgehead atoms. The average molecular weight is 287 g/mol. The highest BCUT2D eigenvalue weighted by Gasteiger charge is 2.21. The summed E-state index contributed by atoms with van der Waals surface area (Å²) in [4.78, 5) is 6.70. The van der Waals surface area contributed by atoms with E-state index in [9.17, 15) is 0 Å². The van der Waals surface area contributed by atoms with Gasteiger partial charge in [0.05, 0.1) is 0 Å². The fourth-order valence-electron chi connectivity index (χ4n) is 2.76. The van der Waals surface area contributed by atoms with Crippen molar-refractivity contribution in [3.05, 3.63) is 18.2 Å². The summed E-state index contributed by atoms with van der Waals surface area (Å²) in [5.74, 6) is 2.94. The van der Waals surface area contributed by atoms with Crippen molar-refractivity contribution < 1.29 is 9.47 Å². The maximum atomic E-state index is 6.00. The SMILES string of the molecule is NC1CCCN(c2n[nH]c(-c3ccc4c(c3)OCO4)n2)C1. The summed E-state index contributed by atoms with van der Waals surface area (Å²) in [6.07, 6.45) is 2.14. The molecule has 3 heterocycles. The van der Waals surface area contributed by atoms with Crippen LogP contribution in [-0.2, 0) is 0 Å². The smallest absolute Gasteiger partial charge is 0.245 e. The van der Waals surface area contributed by atoms with E-state index in [-0.39, 0.29) is 12.8 Å². The normalized spacial score (nSPS) is 20.8. The van der Waals surface area contributed by atoms with Crippen molar-refractivity contribution in [3.63, 3.8) is 0 Å². The minimum atomic E-state index is 0.200. The van der Waals surface area contributed by atoms with Crippen LogP contribution >= 0.6 is 0 Å². The van der Waals surface area contributed by atoms with Gasteiger partial charge in [-0.05, 0) is 31.0 Å². The largest absolute Gasteiger partial charge is 0.454 e. The van der Waals surface area contributed by atoms with Gasteiger partial charge in [-0.3, -0.25) is 5.10 Å². The highest BCUT2D eigenvalue weighted by molar-refractivity contribution is 5.62. The number of aromatic amines is 1. The molecule has 0 spiro atoms. The van der Waals surface area contributed by atoms with E-state index in [4.69, 9.17) is 15.2 Å². The van der Waals surface area contributed by atoms with E-state index in [0.717, 1.165) is 48.8 Å². The van der Waals surface area contributed by atoms with E-state index in [0.29, 0.717) is 5.95 Å². The first-order valence-corrected chi connectivity index (χ1v) is 7.12. The van der Waals surface area contributed by atoms with Crippen LogP contribution in [0, 0.1) is 0 Å². The third-order valence-electron chi connectivity index (χ3n) is 3.86. The molecular formula is C14H17N5O2. The molecule has 1 unspecified atom stereocenters. The molecule has 1 fully saturated rings. The van der Waals surface area contributed by atoms with Crippen LogP contribution in [0.5, 0.6) is 11.5 Å². The van der Waals surface area contributed by atoms with Crippen molar-refractivity contribution in [1.29, 1.82) is 0 Å². The van der Waals surface area contributed by atoms with Crippen molar-refractivity contribution in [1.82, 2.24) is 15.2 Å². The number of piperidine rings is 1. The van der Waals surface area contributed by atoms with Gasteiger partial charge in [-0.2, -0.15) is 4.98 Å². The summed E-state index contributed by atoms with van der Waals surface area (Å²) in [5.41, 5.74) is 6.93. The van der Waals surface area contributed by atoms with Gasteiger partial charge in [-0.15, -0.1) is 5.10 Å². The van der Waals surface area contributed by atoms with Gasteiger partial charge >= 0.3 is 0 Å². The van der Waals surface area contributed by atoms with Crippen LogP contribution in [0.25, 0.3) is 11.4 Å². The standard InChI is InChI=1S/C14H17N5O2/c15-10-2-1-5-19(7-10)14-16-13(17-18-14)9-3-4-11-12(6-9)21-8-20-11/h3-4,6,10H,1-2,5,7-8,15H2,(H,16,17,18). The molecule has 1 aromatic heterocycles. The van der Waals surface area contributed by atoms with Crippen LogP contribution in [0.15, 0.2) is 18.2 Å². The van der Waals surface area contributed by atoms with Crippen LogP contribution in [0.2, 0.25) is 0 Å². The van der Waals surface area contributed by atoms with E-state index >= 15 is 0 Å². The highest BCUT2D eigenvalue weighted by Crippen LogP contribution is 2.35. The van der Waals surface area contributed by atoms with Crippen LogP contribution < -0.4 is 20.1 Å². The zero-order valence-corrected chi connectivity index (χ0v) is 11.6. The van der Waals surface area contributed by atoms with Gasteiger partial charge < -0.3 is 20.1 Å². The van der Waals surface area contributed by atoms with E-state index in [2.05, 4.69) is 20.1 Å². The number of anilines is 1. The lowest BCUT2D eigenvalue weighted by Gasteiger charge is -2.29. The molecule has 21 heavy (non-hydrogen) atoms. The second-order valence-corrected chi connectivity index (χ2v) is 5.40. The molecule has 0 aliphatic carbocycles. The Morgan fingerprint density at radius 2 is 2.19 bits per heavy atom. The number of hydrogen-bond donors (Lipinski definition) is 2. The molecule has 2 aliphatic rings. The number of hydrogen-bond acceptors (Lipinski definition) is 6. The first-order chi connectivity index (χ1) is 10.3. The van der Waals surface area contributed by atoms with Crippen LogP contribution in [-0.4, -0.2) is 41.1 Å². The summed E-state index contributed by atoms with van der Waals surface area (Å²) < 4.78 is 10.7. The predicted molar refractivity (Wildman–Crippen MR) is 77.4 cm³/mol. The molecular weight excluding hydrogens is 270 g/mol. The minimum Gasteiger partial charge on any atom is -0.454 e.